The van der Waals surface area contributed by atoms with Gasteiger partial charge in [-0.2, -0.15) is 0 Å². The molecule has 8 nitrogen and oxygen atoms in total. The van der Waals surface area contributed by atoms with Gasteiger partial charge in [0.25, 0.3) is 0 Å². The molecule has 0 saturated carbocycles. The first-order valence-corrected chi connectivity index (χ1v) is 14.7. The van der Waals surface area contributed by atoms with Gasteiger partial charge in [0.1, 0.15) is 24.1 Å². The van der Waals surface area contributed by atoms with Crippen LogP contribution in [0.4, 0.5) is 5.69 Å². The highest BCUT2D eigenvalue weighted by atomic mass is 79.9. The summed E-state index contributed by atoms with van der Waals surface area (Å²) < 4.78 is 33.2. The molecule has 0 heterocycles. The minimum Gasteiger partial charge on any atom is -0.457 e. The molecule has 3 rings (SSSR count). The normalized spacial score (nSPS) is 12.1. The zero-order chi connectivity index (χ0) is 27.9. The van der Waals surface area contributed by atoms with E-state index in [0.717, 1.165) is 20.6 Å². The van der Waals surface area contributed by atoms with Gasteiger partial charge in [-0.25, -0.2) is 8.42 Å². The predicted molar refractivity (Wildman–Crippen MR) is 153 cm³/mol. The molecule has 0 aromatic heterocycles. The summed E-state index contributed by atoms with van der Waals surface area (Å²) in [5.74, 6) is 0.338. The number of carbonyl (C=O) groups is 2. The van der Waals surface area contributed by atoms with E-state index in [1.165, 1.54) is 4.90 Å². The van der Waals surface area contributed by atoms with Gasteiger partial charge in [-0.05, 0) is 74.9 Å². The standard InChI is InChI=1S/C28H32BrN3O5S/c1-20(2)30-28(34)21(3)31(18-22-9-8-10-23(29)17-22)27(33)19-32(38(4,35)36)24-13-15-26(16-14-24)37-25-11-6-5-7-12-25/h5-17,20-21H,18-19H2,1-4H3,(H,30,34). The Morgan fingerprint density at radius 2 is 1.55 bits per heavy atom. The average molecular weight is 603 g/mol. The number of hydrogen-bond acceptors (Lipinski definition) is 5. The lowest BCUT2D eigenvalue weighted by Crippen LogP contribution is -2.52. The van der Waals surface area contributed by atoms with Crippen molar-refractivity contribution < 1.29 is 22.7 Å². The van der Waals surface area contributed by atoms with Crippen LogP contribution in [0.25, 0.3) is 0 Å². The third-order valence-electron chi connectivity index (χ3n) is 5.62. The topological polar surface area (TPSA) is 96.0 Å². The van der Waals surface area contributed by atoms with E-state index < -0.39 is 28.5 Å². The highest BCUT2D eigenvalue weighted by Gasteiger charge is 2.30. The molecular weight excluding hydrogens is 570 g/mol. The number of carbonyl (C=O) groups excluding carboxylic acids is 2. The fourth-order valence-corrected chi connectivity index (χ4v) is 5.03. The van der Waals surface area contributed by atoms with Crippen molar-refractivity contribution in [3.63, 3.8) is 0 Å². The minimum atomic E-state index is -3.83. The molecule has 3 aromatic carbocycles. The Kier molecular flexibility index (Phi) is 9.93. The second-order valence-corrected chi connectivity index (χ2v) is 12.0. The van der Waals surface area contributed by atoms with Gasteiger partial charge in [0.15, 0.2) is 0 Å². The van der Waals surface area contributed by atoms with E-state index in [1.54, 1.807) is 31.2 Å². The van der Waals surface area contributed by atoms with Gasteiger partial charge >= 0.3 is 0 Å². The molecule has 0 bridgehead atoms. The summed E-state index contributed by atoms with van der Waals surface area (Å²) in [6.07, 6.45) is 1.04. The van der Waals surface area contributed by atoms with Crippen molar-refractivity contribution in [3.8, 4) is 11.5 Å². The molecule has 10 heteroatoms. The van der Waals surface area contributed by atoms with E-state index >= 15 is 0 Å². The van der Waals surface area contributed by atoms with E-state index in [2.05, 4.69) is 21.2 Å². The number of hydrogen-bond donors (Lipinski definition) is 1. The number of halogens is 1. The van der Waals surface area contributed by atoms with E-state index in [1.807, 2.05) is 68.4 Å². The van der Waals surface area contributed by atoms with Crippen LogP contribution in [0, 0.1) is 0 Å². The van der Waals surface area contributed by atoms with Crippen LogP contribution < -0.4 is 14.4 Å². The van der Waals surface area contributed by atoms with Crippen LogP contribution in [0.1, 0.15) is 26.3 Å². The molecule has 0 aliphatic heterocycles. The third-order valence-corrected chi connectivity index (χ3v) is 7.26. The van der Waals surface area contributed by atoms with Gasteiger partial charge < -0.3 is 15.0 Å². The Hall–Kier alpha value is -3.37. The quantitative estimate of drug-likeness (QED) is 0.335. The predicted octanol–water partition coefficient (Wildman–Crippen LogP) is 4.95. The Morgan fingerprint density at radius 3 is 2.13 bits per heavy atom. The fourth-order valence-electron chi connectivity index (χ4n) is 3.74. The monoisotopic (exact) mass is 601 g/mol. The fraction of sp³-hybridized carbons (Fsp3) is 0.286. The summed E-state index contributed by atoms with van der Waals surface area (Å²) in [6, 6.07) is 22.1. The number of amides is 2. The molecule has 3 aromatic rings. The maximum Gasteiger partial charge on any atom is 0.244 e. The SMILES string of the molecule is CC(C)NC(=O)C(C)N(Cc1cccc(Br)c1)C(=O)CN(c1ccc(Oc2ccccc2)cc1)S(C)(=O)=O. The number of sulfonamides is 1. The summed E-state index contributed by atoms with van der Waals surface area (Å²) in [4.78, 5) is 27.8. The van der Waals surface area contributed by atoms with Crippen LogP contribution >= 0.6 is 15.9 Å². The molecule has 0 radical (unpaired) electrons. The zero-order valence-electron chi connectivity index (χ0n) is 21.8. The minimum absolute atomic E-state index is 0.114. The summed E-state index contributed by atoms with van der Waals surface area (Å²) in [7, 11) is -3.83. The van der Waals surface area contributed by atoms with Crippen molar-refractivity contribution in [2.75, 3.05) is 17.1 Å². The lowest BCUT2D eigenvalue weighted by atomic mass is 10.1. The van der Waals surface area contributed by atoms with Gasteiger partial charge in [0, 0.05) is 17.1 Å². The summed E-state index contributed by atoms with van der Waals surface area (Å²) in [5, 5.41) is 2.83. The first-order chi connectivity index (χ1) is 17.9. The number of rotatable bonds is 11. The second-order valence-electron chi connectivity index (χ2n) is 9.17. The second kappa shape index (κ2) is 12.9. The largest absolute Gasteiger partial charge is 0.457 e. The van der Waals surface area contributed by atoms with Crippen LogP contribution in [0.3, 0.4) is 0 Å². The zero-order valence-corrected chi connectivity index (χ0v) is 24.2. The van der Waals surface area contributed by atoms with Crippen LogP contribution in [-0.2, 0) is 26.2 Å². The Bertz CT molecular complexity index is 1350. The summed E-state index contributed by atoms with van der Waals surface area (Å²) >= 11 is 3.43. The molecule has 0 aliphatic rings. The molecule has 1 unspecified atom stereocenters. The molecule has 0 aliphatic carbocycles. The van der Waals surface area contributed by atoms with Crippen LogP contribution in [0.2, 0.25) is 0 Å². The van der Waals surface area contributed by atoms with Crippen LogP contribution in [0.15, 0.2) is 83.3 Å². The number of ether oxygens (including phenoxy) is 1. The van der Waals surface area contributed by atoms with Crippen molar-refractivity contribution in [2.24, 2.45) is 0 Å². The molecule has 0 spiro atoms. The van der Waals surface area contributed by atoms with Crippen LogP contribution in [0.5, 0.6) is 11.5 Å². The molecule has 2 amide bonds. The third kappa shape index (κ3) is 8.32. The summed E-state index contributed by atoms with van der Waals surface area (Å²) in [5.41, 5.74) is 1.10. The highest BCUT2D eigenvalue weighted by Crippen LogP contribution is 2.26. The molecule has 202 valence electrons. The number of anilines is 1. The Morgan fingerprint density at radius 1 is 0.921 bits per heavy atom. The number of benzene rings is 3. The van der Waals surface area contributed by atoms with Crippen LogP contribution in [-0.4, -0.2) is 50.0 Å². The summed E-state index contributed by atoms with van der Waals surface area (Å²) in [6.45, 7) is 4.97. The maximum atomic E-state index is 13.6. The number of nitrogens with one attached hydrogen (secondary N) is 1. The Balaban J connectivity index is 1.86. The van der Waals surface area contributed by atoms with Gasteiger partial charge in [0.05, 0.1) is 11.9 Å². The van der Waals surface area contributed by atoms with Crippen molar-refractivity contribution in [2.45, 2.75) is 39.4 Å². The van der Waals surface area contributed by atoms with E-state index in [4.69, 9.17) is 4.74 Å². The van der Waals surface area contributed by atoms with E-state index in [-0.39, 0.29) is 18.5 Å². The molecule has 38 heavy (non-hydrogen) atoms. The number of nitrogens with zero attached hydrogens (tertiary/aromatic N) is 2. The molecular formula is C28H32BrN3O5S. The highest BCUT2D eigenvalue weighted by molar-refractivity contribution is 9.10. The molecule has 1 N–H and O–H groups in total. The first kappa shape index (κ1) is 29.2. The molecule has 0 fully saturated rings. The van der Waals surface area contributed by atoms with E-state index in [9.17, 15) is 18.0 Å². The van der Waals surface area contributed by atoms with E-state index in [0.29, 0.717) is 17.2 Å². The number of para-hydroxylation sites is 1. The van der Waals surface area contributed by atoms with Crippen molar-refractivity contribution in [1.29, 1.82) is 0 Å². The molecule has 0 saturated heterocycles. The first-order valence-electron chi connectivity index (χ1n) is 12.1. The lowest BCUT2D eigenvalue weighted by Gasteiger charge is -2.32. The average Bonchev–Trinajstić information content (AvgIpc) is 2.85. The van der Waals surface area contributed by atoms with Gasteiger partial charge in [-0.3, -0.25) is 13.9 Å². The smallest absolute Gasteiger partial charge is 0.244 e. The van der Waals surface area contributed by atoms with Gasteiger partial charge in [0.2, 0.25) is 21.8 Å². The van der Waals surface area contributed by atoms with Crippen molar-refractivity contribution in [3.05, 3.63) is 88.9 Å². The lowest BCUT2D eigenvalue weighted by molar-refractivity contribution is -0.139. The van der Waals surface area contributed by atoms with Gasteiger partial charge in [-0.1, -0.05) is 46.3 Å². The molecule has 1 atom stereocenters. The van der Waals surface area contributed by atoms with Gasteiger partial charge in [-0.15, -0.1) is 0 Å². The Labute approximate surface area is 232 Å². The van der Waals surface area contributed by atoms with Crippen molar-refractivity contribution >= 4 is 43.5 Å². The maximum absolute atomic E-state index is 13.6. The van der Waals surface area contributed by atoms with Crippen molar-refractivity contribution in [1.82, 2.24) is 10.2 Å².